The van der Waals surface area contributed by atoms with Crippen molar-refractivity contribution in [2.24, 2.45) is 5.92 Å². The minimum Gasteiger partial charge on any atom is -0.381 e. The van der Waals surface area contributed by atoms with Gasteiger partial charge >= 0.3 is 0 Å². The second-order valence-corrected chi connectivity index (χ2v) is 8.06. The van der Waals surface area contributed by atoms with Gasteiger partial charge in [-0.2, -0.15) is 11.8 Å². The molecule has 2 heterocycles. The van der Waals surface area contributed by atoms with Crippen molar-refractivity contribution in [2.75, 3.05) is 31.6 Å². The molecule has 2 aliphatic heterocycles. The van der Waals surface area contributed by atoms with Crippen molar-refractivity contribution in [1.29, 1.82) is 0 Å². The van der Waals surface area contributed by atoms with Crippen LogP contribution in [0.4, 0.5) is 5.69 Å². The van der Waals surface area contributed by atoms with E-state index in [1.165, 1.54) is 12.0 Å². The van der Waals surface area contributed by atoms with Crippen LogP contribution in [-0.2, 0) is 15.3 Å². The third kappa shape index (κ3) is 5.80. The molecule has 2 N–H and O–H groups in total. The zero-order valence-corrected chi connectivity index (χ0v) is 15.1. The van der Waals surface area contributed by atoms with E-state index in [-0.39, 0.29) is 5.91 Å². The van der Waals surface area contributed by atoms with Gasteiger partial charge in [-0.1, -0.05) is 12.1 Å². The molecule has 0 radical (unpaired) electrons. The van der Waals surface area contributed by atoms with Crippen molar-refractivity contribution < 1.29 is 9.53 Å². The van der Waals surface area contributed by atoms with Gasteiger partial charge in [-0.25, -0.2) is 0 Å². The lowest BCUT2D eigenvalue weighted by Crippen LogP contribution is -2.17. The van der Waals surface area contributed by atoms with Gasteiger partial charge in [0.15, 0.2) is 0 Å². The minimum atomic E-state index is 0.135. The first kappa shape index (κ1) is 17.8. The molecular weight excluding hydrogens is 320 g/mol. The van der Waals surface area contributed by atoms with Crippen LogP contribution in [0, 0.1) is 5.92 Å². The molecule has 0 saturated carbocycles. The molecule has 2 aliphatic rings. The highest BCUT2D eigenvalue weighted by atomic mass is 32.2. The van der Waals surface area contributed by atoms with Crippen molar-refractivity contribution in [2.45, 2.75) is 43.1 Å². The average Bonchev–Trinajstić information content (AvgIpc) is 3.13. The Bertz CT molecular complexity index is 526. The molecule has 1 atom stereocenters. The molecule has 4 nitrogen and oxygen atoms in total. The zero-order chi connectivity index (χ0) is 16.6. The Morgan fingerprint density at radius 1 is 1.29 bits per heavy atom. The van der Waals surface area contributed by atoms with Crippen LogP contribution in [0.2, 0.25) is 0 Å². The number of thioether (sulfide) groups is 1. The standard InChI is InChI=1S/C19H28N2O2S/c22-19(5-4-15-6-9-20-13-15)21-17-3-1-2-16(12-17)14-24-18-7-10-23-11-8-18/h1-3,12,15,18,20H,4-11,13-14H2,(H,21,22). The predicted octanol–water partition coefficient (Wildman–Crippen LogP) is 3.43. The van der Waals surface area contributed by atoms with Crippen LogP contribution in [0.1, 0.15) is 37.7 Å². The number of hydrogen-bond donors (Lipinski definition) is 2. The van der Waals surface area contributed by atoms with Gasteiger partial charge in [-0.15, -0.1) is 0 Å². The Morgan fingerprint density at radius 2 is 2.17 bits per heavy atom. The maximum Gasteiger partial charge on any atom is 0.224 e. The van der Waals surface area contributed by atoms with Gasteiger partial charge < -0.3 is 15.4 Å². The molecule has 0 aromatic heterocycles. The summed E-state index contributed by atoms with van der Waals surface area (Å²) in [4.78, 5) is 12.1. The molecule has 2 saturated heterocycles. The number of benzene rings is 1. The van der Waals surface area contributed by atoms with Crippen molar-refractivity contribution in [3.8, 4) is 0 Å². The van der Waals surface area contributed by atoms with E-state index in [1.807, 2.05) is 23.9 Å². The van der Waals surface area contributed by atoms with E-state index in [2.05, 4.69) is 22.8 Å². The molecule has 0 spiro atoms. The maximum atomic E-state index is 12.1. The van der Waals surface area contributed by atoms with E-state index in [1.54, 1.807) is 0 Å². The Morgan fingerprint density at radius 3 is 2.96 bits per heavy atom. The van der Waals surface area contributed by atoms with Crippen molar-refractivity contribution in [3.63, 3.8) is 0 Å². The Balaban J connectivity index is 1.42. The summed E-state index contributed by atoms with van der Waals surface area (Å²) in [6.07, 6.45) is 5.10. The number of carbonyl (C=O) groups excluding carboxylic acids is 1. The molecule has 0 aliphatic carbocycles. The predicted molar refractivity (Wildman–Crippen MR) is 100 cm³/mol. The maximum absolute atomic E-state index is 12.1. The van der Waals surface area contributed by atoms with E-state index in [0.717, 1.165) is 57.0 Å². The SMILES string of the molecule is O=C(CCC1CCNC1)Nc1cccc(CSC2CCOCC2)c1. The van der Waals surface area contributed by atoms with Gasteiger partial charge in [-0.3, -0.25) is 4.79 Å². The summed E-state index contributed by atoms with van der Waals surface area (Å²) in [5.74, 6) is 1.80. The third-order valence-corrected chi connectivity index (χ3v) is 6.25. The zero-order valence-electron chi connectivity index (χ0n) is 14.3. The first-order chi connectivity index (χ1) is 11.8. The molecule has 1 aromatic rings. The first-order valence-electron chi connectivity index (χ1n) is 9.08. The molecular formula is C19H28N2O2S. The Labute approximate surface area is 149 Å². The summed E-state index contributed by atoms with van der Waals surface area (Å²) in [7, 11) is 0. The van der Waals surface area contributed by atoms with Crippen LogP contribution in [-0.4, -0.2) is 37.5 Å². The highest BCUT2D eigenvalue weighted by molar-refractivity contribution is 7.99. The van der Waals surface area contributed by atoms with Gasteiger partial charge in [0.2, 0.25) is 5.91 Å². The van der Waals surface area contributed by atoms with Crippen LogP contribution in [0.5, 0.6) is 0 Å². The number of amides is 1. The van der Waals surface area contributed by atoms with E-state index in [4.69, 9.17) is 4.74 Å². The molecule has 24 heavy (non-hydrogen) atoms. The third-order valence-electron chi connectivity index (χ3n) is 4.81. The molecule has 5 heteroatoms. The largest absolute Gasteiger partial charge is 0.381 e. The van der Waals surface area contributed by atoms with Crippen molar-refractivity contribution >= 4 is 23.4 Å². The number of ether oxygens (including phenoxy) is 1. The molecule has 2 fully saturated rings. The van der Waals surface area contributed by atoms with Gasteiger partial charge in [0.1, 0.15) is 0 Å². The van der Waals surface area contributed by atoms with E-state index >= 15 is 0 Å². The fourth-order valence-corrected chi connectivity index (χ4v) is 4.45. The fourth-order valence-electron chi connectivity index (χ4n) is 3.32. The highest BCUT2D eigenvalue weighted by Gasteiger charge is 2.16. The van der Waals surface area contributed by atoms with Crippen LogP contribution >= 0.6 is 11.8 Å². The molecule has 1 aromatic carbocycles. The first-order valence-corrected chi connectivity index (χ1v) is 10.1. The molecule has 0 bridgehead atoms. The lowest BCUT2D eigenvalue weighted by Gasteiger charge is -2.21. The summed E-state index contributed by atoms with van der Waals surface area (Å²) in [5, 5.41) is 7.11. The number of nitrogens with one attached hydrogen (secondary N) is 2. The Kier molecular flexibility index (Phi) is 6.99. The second kappa shape index (κ2) is 9.44. The number of carbonyl (C=O) groups is 1. The molecule has 132 valence electrons. The number of hydrogen-bond acceptors (Lipinski definition) is 4. The topological polar surface area (TPSA) is 50.4 Å². The van der Waals surface area contributed by atoms with Crippen LogP contribution in [0.25, 0.3) is 0 Å². The minimum absolute atomic E-state index is 0.135. The summed E-state index contributed by atoms with van der Waals surface area (Å²) < 4.78 is 5.41. The summed E-state index contributed by atoms with van der Waals surface area (Å²) >= 11 is 2.01. The van der Waals surface area contributed by atoms with E-state index in [0.29, 0.717) is 17.6 Å². The summed E-state index contributed by atoms with van der Waals surface area (Å²) in [6.45, 7) is 3.94. The monoisotopic (exact) mass is 348 g/mol. The van der Waals surface area contributed by atoms with E-state index in [9.17, 15) is 4.79 Å². The quantitative estimate of drug-likeness (QED) is 0.793. The van der Waals surface area contributed by atoms with Gasteiger partial charge in [-0.05, 0) is 62.4 Å². The van der Waals surface area contributed by atoms with E-state index < -0.39 is 0 Å². The van der Waals surface area contributed by atoms with Crippen molar-refractivity contribution in [3.05, 3.63) is 29.8 Å². The number of anilines is 1. The normalized spacial score (nSPS) is 21.8. The van der Waals surface area contributed by atoms with Crippen molar-refractivity contribution in [1.82, 2.24) is 5.32 Å². The molecule has 3 rings (SSSR count). The summed E-state index contributed by atoms with van der Waals surface area (Å²) in [6, 6.07) is 8.28. The van der Waals surface area contributed by atoms with Crippen LogP contribution < -0.4 is 10.6 Å². The number of rotatable bonds is 7. The van der Waals surface area contributed by atoms with Gasteiger partial charge in [0, 0.05) is 36.3 Å². The van der Waals surface area contributed by atoms with Crippen LogP contribution in [0.15, 0.2) is 24.3 Å². The molecule has 1 amide bonds. The van der Waals surface area contributed by atoms with Crippen LogP contribution in [0.3, 0.4) is 0 Å². The van der Waals surface area contributed by atoms with Gasteiger partial charge in [0.25, 0.3) is 0 Å². The Hall–Kier alpha value is -1.04. The fraction of sp³-hybridized carbons (Fsp3) is 0.632. The smallest absolute Gasteiger partial charge is 0.224 e. The summed E-state index contributed by atoms with van der Waals surface area (Å²) in [5.41, 5.74) is 2.21. The lowest BCUT2D eigenvalue weighted by molar-refractivity contribution is -0.116. The lowest BCUT2D eigenvalue weighted by atomic mass is 10.0. The molecule has 1 unspecified atom stereocenters. The average molecular weight is 349 g/mol. The second-order valence-electron chi connectivity index (χ2n) is 6.77. The van der Waals surface area contributed by atoms with Gasteiger partial charge in [0.05, 0.1) is 0 Å². The highest BCUT2D eigenvalue weighted by Crippen LogP contribution is 2.26.